The van der Waals surface area contributed by atoms with Crippen LogP contribution in [0.25, 0.3) is 6.08 Å². The summed E-state index contributed by atoms with van der Waals surface area (Å²) in [6, 6.07) is 3.89. The summed E-state index contributed by atoms with van der Waals surface area (Å²) in [5.74, 6) is 0. The minimum absolute atomic E-state index is 0.251. The highest BCUT2D eigenvalue weighted by Crippen LogP contribution is 2.21. The van der Waals surface area contributed by atoms with Gasteiger partial charge in [0.25, 0.3) is 0 Å². The average molecular weight is 325 g/mol. The summed E-state index contributed by atoms with van der Waals surface area (Å²) in [6.45, 7) is 6.87. The second-order valence-corrected chi connectivity index (χ2v) is 6.37. The zero-order chi connectivity index (χ0) is 14.0. The van der Waals surface area contributed by atoms with Gasteiger partial charge >= 0.3 is 6.09 Å². The van der Waals surface area contributed by atoms with Crippen molar-refractivity contribution in [1.82, 2.24) is 9.88 Å². The van der Waals surface area contributed by atoms with Crippen molar-refractivity contribution in [3.63, 3.8) is 0 Å². The van der Waals surface area contributed by atoms with Crippen LogP contribution < -0.4 is 0 Å². The van der Waals surface area contributed by atoms with E-state index < -0.39 is 5.60 Å². The predicted octanol–water partition coefficient (Wildman–Crippen LogP) is 3.48. The van der Waals surface area contributed by atoms with Crippen LogP contribution in [0.2, 0.25) is 0 Å². The topological polar surface area (TPSA) is 42.4 Å². The number of ether oxygens (including phenoxy) is 1. The molecule has 1 aromatic rings. The van der Waals surface area contributed by atoms with Gasteiger partial charge in [-0.2, -0.15) is 0 Å². The van der Waals surface area contributed by atoms with Gasteiger partial charge in [0.1, 0.15) is 10.2 Å². The summed E-state index contributed by atoms with van der Waals surface area (Å²) in [7, 11) is 0. The van der Waals surface area contributed by atoms with E-state index in [0.29, 0.717) is 13.1 Å². The minimum Gasteiger partial charge on any atom is -0.444 e. The largest absolute Gasteiger partial charge is 0.444 e. The van der Waals surface area contributed by atoms with E-state index in [1.54, 1.807) is 11.1 Å². The van der Waals surface area contributed by atoms with Crippen molar-refractivity contribution >= 4 is 28.1 Å². The molecule has 2 rings (SSSR count). The molecule has 0 atom stereocenters. The molecule has 0 saturated carbocycles. The van der Waals surface area contributed by atoms with Gasteiger partial charge in [-0.25, -0.2) is 9.78 Å². The second kappa shape index (κ2) is 5.33. The fraction of sp³-hybridized carbons (Fsp3) is 0.429. The second-order valence-electron chi connectivity index (χ2n) is 5.55. The Balaban J connectivity index is 1.89. The number of carbonyl (C=O) groups excluding carboxylic acids is 1. The van der Waals surface area contributed by atoms with E-state index in [4.69, 9.17) is 4.74 Å². The fourth-order valence-electron chi connectivity index (χ4n) is 1.70. The van der Waals surface area contributed by atoms with Gasteiger partial charge in [-0.05, 0) is 53.9 Å². The number of halogens is 1. The molecule has 1 saturated heterocycles. The molecule has 0 bridgehead atoms. The summed E-state index contributed by atoms with van der Waals surface area (Å²) in [5, 5.41) is 0. The zero-order valence-corrected chi connectivity index (χ0v) is 12.9. The van der Waals surface area contributed by atoms with Crippen LogP contribution in [0, 0.1) is 0 Å². The third kappa shape index (κ3) is 4.06. The van der Waals surface area contributed by atoms with E-state index in [0.717, 1.165) is 10.2 Å². The molecular weight excluding hydrogens is 308 g/mol. The van der Waals surface area contributed by atoms with Crippen LogP contribution in [-0.2, 0) is 4.74 Å². The Morgan fingerprint density at radius 1 is 1.42 bits per heavy atom. The Bertz CT molecular complexity index is 495. The highest BCUT2D eigenvalue weighted by atomic mass is 79.9. The van der Waals surface area contributed by atoms with E-state index in [-0.39, 0.29) is 6.09 Å². The van der Waals surface area contributed by atoms with Gasteiger partial charge in [0, 0.05) is 19.3 Å². The average Bonchev–Trinajstić information content (AvgIpc) is 2.22. The Kier molecular flexibility index (Phi) is 3.94. The number of likely N-dealkylation sites (tertiary alicyclic amines) is 1. The maximum absolute atomic E-state index is 11.7. The minimum atomic E-state index is -0.438. The van der Waals surface area contributed by atoms with Crippen molar-refractivity contribution in [2.45, 2.75) is 26.4 Å². The third-order valence-electron chi connectivity index (χ3n) is 2.56. The Morgan fingerprint density at radius 2 is 2.11 bits per heavy atom. The van der Waals surface area contributed by atoms with Gasteiger partial charge in [-0.3, -0.25) is 0 Å². The van der Waals surface area contributed by atoms with E-state index in [1.807, 2.05) is 32.9 Å². The molecule has 19 heavy (non-hydrogen) atoms. The normalized spacial score (nSPS) is 14.9. The number of carbonyl (C=O) groups is 1. The molecule has 0 aliphatic carbocycles. The number of aromatic nitrogens is 1. The van der Waals surface area contributed by atoms with Crippen molar-refractivity contribution in [3.05, 3.63) is 34.1 Å². The van der Waals surface area contributed by atoms with Crippen LogP contribution in [0.5, 0.6) is 0 Å². The Morgan fingerprint density at radius 3 is 2.63 bits per heavy atom. The molecule has 1 aromatic heterocycles. The maximum atomic E-state index is 11.7. The number of nitrogens with zero attached hydrogens (tertiary/aromatic N) is 2. The van der Waals surface area contributed by atoms with Crippen molar-refractivity contribution in [2.24, 2.45) is 0 Å². The van der Waals surface area contributed by atoms with Crippen LogP contribution in [0.4, 0.5) is 4.79 Å². The van der Waals surface area contributed by atoms with E-state index in [1.165, 1.54) is 5.57 Å². The van der Waals surface area contributed by atoms with Crippen molar-refractivity contribution < 1.29 is 9.53 Å². The van der Waals surface area contributed by atoms with Gasteiger partial charge < -0.3 is 9.64 Å². The van der Waals surface area contributed by atoms with Gasteiger partial charge in [0.2, 0.25) is 0 Å². The third-order valence-corrected chi connectivity index (χ3v) is 3.03. The van der Waals surface area contributed by atoms with E-state index in [9.17, 15) is 4.79 Å². The highest BCUT2D eigenvalue weighted by Gasteiger charge is 2.29. The fourth-order valence-corrected chi connectivity index (χ4v) is 1.93. The van der Waals surface area contributed by atoms with Crippen LogP contribution in [0.3, 0.4) is 0 Å². The first-order valence-electron chi connectivity index (χ1n) is 6.12. The summed E-state index contributed by atoms with van der Waals surface area (Å²) in [5.41, 5.74) is 1.81. The lowest BCUT2D eigenvalue weighted by atomic mass is 10.1. The van der Waals surface area contributed by atoms with Gasteiger partial charge in [0.15, 0.2) is 0 Å². The first-order chi connectivity index (χ1) is 8.83. The molecule has 0 N–H and O–H groups in total. The lowest BCUT2D eigenvalue weighted by Gasteiger charge is -2.35. The lowest BCUT2D eigenvalue weighted by molar-refractivity contribution is 0.0216. The molecule has 0 aromatic carbocycles. The zero-order valence-electron chi connectivity index (χ0n) is 11.3. The number of rotatable bonds is 1. The molecule has 0 unspecified atom stereocenters. The molecule has 1 amide bonds. The standard InChI is InChI=1S/C14H17BrN2O2/c1-14(2,3)19-13(18)17-8-11(9-17)6-10-4-5-12(15)16-7-10/h4-7H,8-9H2,1-3H3. The smallest absolute Gasteiger partial charge is 0.410 e. The van der Waals surface area contributed by atoms with Crippen molar-refractivity contribution in [1.29, 1.82) is 0 Å². The van der Waals surface area contributed by atoms with Gasteiger partial charge in [0.05, 0.1) is 0 Å². The van der Waals surface area contributed by atoms with Crippen molar-refractivity contribution in [2.75, 3.05) is 13.1 Å². The molecule has 4 nitrogen and oxygen atoms in total. The summed E-state index contributed by atoms with van der Waals surface area (Å²) < 4.78 is 6.12. The Hall–Kier alpha value is -1.36. The molecule has 0 spiro atoms. The number of hydrogen-bond donors (Lipinski definition) is 0. The molecule has 0 radical (unpaired) electrons. The molecule has 1 fully saturated rings. The van der Waals surface area contributed by atoms with Crippen LogP contribution >= 0.6 is 15.9 Å². The highest BCUT2D eigenvalue weighted by molar-refractivity contribution is 9.10. The van der Waals surface area contributed by atoms with E-state index in [2.05, 4.69) is 27.0 Å². The van der Waals surface area contributed by atoms with Crippen molar-refractivity contribution in [3.8, 4) is 0 Å². The lowest BCUT2D eigenvalue weighted by Crippen LogP contribution is -2.46. The molecule has 1 aliphatic rings. The molecule has 102 valence electrons. The van der Waals surface area contributed by atoms with Crippen LogP contribution in [-0.4, -0.2) is 34.7 Å². The van der Waals surface area contributed by atoms with E-state index >= 15 is 0 Å². The Labute approximate surface area is 121 Å². The molecule has 5 heteroatoms. The quantitative estimate of drug-likeness (QED) is 0.743. The maximum Gasteiger partial charge on any atom is 0.410 e. The molecular formula is C14H17BrN2O2. The first kappa shape index (κ1) is 14.1. The summed E-state index contributed by atoms with van der Waals surface area (Å²) in [6.07, 6.45) is 3.60. The predicted molar refractivity (Wildman–Crippen MR) is 77.7 cm³/mol. The van der Waals surface area contributed by atoms with Gasteiger partial charge in [-0.1, -0.05) is 12.1 Å². The molecule has 1 aliphatic heterocycles. The van der Waals surface area contributed by atoms with Crippen LogP contribution in [0.15, 0.2) is 28.5 Å². The monoisotopic (exact) mass is 324 g/mol. The molecule has 2 heterocycles. The summed E-state index contributed by atoms with van der Waals surface area (Å²) in [4.78, 5) is 17.6. The number of pyridine rings is 1. The van der Waals surface area contributed by atoms with Crippen LogP contribution in [0.1, 0.15) is 26.3 Å². The SMILES string of the molecule is CC(C)(C)OC(=O)N1CC(=Cc2ccc(Br)nc2)C1. The first-order valence-corrected chi connectivity index (χ1v) is 6.92. The number of amides is 1. The van der Waals surface area contributed by atoms with Gasteiger partial charge in [-0.15, -0.1) is 0 Å². The number of hydrogen-bond acceptors (Lipinski definition) is 3. The summed E-state index contributed by atoms with van der Waals surface area (Å²) >= 11 is 3.30.